The normalized spacial score (nSPS) is 14.1. The fourth-order valence-corrected chi connectivity index (χ4v) is 2.86. The molecule has 1 saturated carbocycles. The molecule has 0 saturated heterocycles. The number of carbonyl (C=O) groups excluding carboxylic acids is 2. The molecule has 0 unspecified atom stereocenters. The largest absolute Gasteiger partial charge is 0.493 e. The molecule has 8 heteroatoms. The van der Waals surface area contributed by atoms with E-state index in [1.165, 1.54) is 14.2 Å². The van der Waals surface area contributed by atoms with Gasteiger partial charge in [-0.3, -0.25) is 9.59 Å². The highest BCUT2D eigenvalue weighted by molar-refractivity contribution is 6.13. The molecule has 2 N–H and O–H groups in total. The lowest BCUT2D eigenvalue weighted by atomic mass is 10.0. The molecule has 2 amide bonds. The van der Waals surface area contributed by atoms with Gasteiger partial charge in [-0.25, -0.2) is 8.78 Å². The number of ether oxygens (including phenoxy) is 2. The fourth-order valence-electron chi connectivity index (χ4n) is 2.86. The Morgan fingerprint density at radius 2 is 1.71 bits per heavy atom. The maximum atomic E-state index is 13.7. The van der Waals surface area contributed by atoms with Gasteiger partial charge in [0.1, 0.15) is 17.0 Å². The van der Waals surface area contributed by atoms with E-state index in [1.54, 1.807) is 18.2 Å². The maximum absolute atomic E-state index is 13.7. The molecule has 0 aromatic heterocycles. The summed E-state index contributed by atoms with van der Waals surface area (Å²) >= 11 is 0. The highest BCUT2D eigenvalue weighted by Crippen LogP contribution is 2.47. The van der Waals surface area contributed by atoms with Gasteiger partial charge in [0.2, 0.25) is 11.8 Å². The molecule has 0 bridgehead atoms. The van der Waals surface area contributed by atoms with Gasteiger partial charge in [0.05, 0.1) is 19.9 Å². The molecule has 0 aliphatic heterocycles. The van der Waals surface area contributed by atoms with Crippen LogP contribution in [-0.4, -0.2) is 26.0 Å². The van der Waals surface area contributed by atoms with Crippen LogP contribution in [0.25, 0.3) is 0 Å². The summed E-state index contributed by atoms with van der Waals surface area (Å²) in [6.07, 6.45) is 0.721. The first-order valence-electron chi connectivity index (χ1n) is 8.65. The van der Waals surface area contributed by atoms with Crippen LogP contribution in [0.2, 0.25) is 0 Å². The van der Waals surface area contributed by atoms with Crippen LogP contribution in [0.15, 0.2) is 36.4 Å². The zero-order valence-electron chi connectivity index (χ0n) is 15.5. The zero-order chi connectivity index (χ0) is 20.3. The number of benzene rings is 2. The summed E-state index contributed by atoms with van der Waals surface area (Å²) in [5.74, 6) is -1.60. The molecular formula is C20H20F2N2O4. The number of carbonyl (C=O) groups is 2. The summed E-state index contributed by atoms with van der Waals surface area (Å²) in [6.45, 7) is 0.194. The van der Waals surface area contributed by atoms with Gasteiger partial charge >= 0.3 is 0 Å². The standard InChI is InChI=1S/C20H20F2N2O4/c1-27-16-6-3-12(9-17(16)28-2)11-23-18(25)20(7-8-20)19(26)24-15-5-4-13(21)10-14(15)22/h3-6,9-10H,7-8,11H2,1-2H3,(H,23,25)(H,24,26). The van der Waals surface area contributed by atoms with E-state index in [4.69, 9.17) is 9.47 Å². The van der Waals surface area contributed by atoms with E-state index in [0.717, 1.165) is 17.7 Å². The van der Waals surface area contributed by atoms with E-state index in [-0.39, 0.29) is 12.2 Å². The predicted molar refractivity (Wildman–Crippen MR) is 98.0 cm³/mol. The van der Waals surface area contributed by atoms with Crippen molar-refractivity contribution in [2.45, 2.75) is 19.4 Å². The zero-order valence-corrected chi connectivity index (χ0v) is 15.5. The molecule has 2 aromatic rings. The van der Waals surface area contributed by atoms with Crippen LogP contribution >= 0.6 is 0 Å². The van der Waals surface area contributed by atoms with Crippen LogP contribution in [0.3, 0.4) is 0 Å². The van der Waals surface area contributed by atoms with Crippen molar-refractivity contribution in [1.29, 1.82) is 0 Å². The Balaban J connectivity index is 1.64. The molecule has 1 aliphatic carbocycles. The van der Waals surface area contributed by atoms with E-state index in [0.29, 0.717) is 30.4 Å². The van der Waals surface area contributed by atoms with Crippen LogP contribution in [0.1, 0.15) is 18.4 Å². The Morgan fingerprint density at radius 3 is 2.32 bits per heavy atom. The van der Waals surface area contributed by atoms with Gasteiger partial charge in [-0.1, -0.05) is 6.07 Å². The monoisotopic (exact) mass is 390 g/mol. The van der Waals surface area contributed by atoms with Gasteiger partial charge < -0.3 is 20.1 Å². The summed E-state index contributed by atoms with van der Waals surface area (Å²) in [6, 6.07) is 8.06. The second kappa shape index (κ2) is 7.84. The lowest BCUT2D eigenvalue weighted by molar-refractivity contribution is -0.134. The minimum Gasteiger partial charge on any atom is -0.493 e. The second-order valence-corrected chi connectivity index (χ2v) is 6.53. The number of anilines is 1. The number of rotatable bonds is 7. The van der Waals surface area contributed by atoms with Gasteiger partial charge in [0, 0.05) is 12.6 Å². The van der Waals surface area contributed by atoms with Gasteiger partial charge in [-0.2, -0.15) is 0 Å². The SMILES string of the molecule is COc1ccc(CNC(=O)C2(C(=O)Nc3ccc(F)cc3F)CC2)cc1OC. The average Bonchev–Trinajstić information content (AvgIpc) is 3.50. The quantitative estimate of drug-likeness (QED) is 0.713. The molecule has 0 heterocycles. The molecule has 6 nitrogen and oxygen atoms in total. The smallest absolute Gasteiger partial charge is 0.240 e. The summed E-state index contributed by atoms with van der Waals surface area (Å²) in [7, 11) is 3.04. The third kappa shape index (κ3) is 3.90. The van der Waals surface area contributed by atoms with Crippen molar-refractivity contribution in [3.8, 4) is 11.5 Å². The van der Waals surface area contributed by atoms with Crippen molar-refractivity contribution in [3.63, 3.8) is 0 Å². The minimum absolute atomic E-state index is 0.162. The summed E-state index contributed by atoms with van der Waals surface area (Å²) < 4.78 is 37.1. The van der Waals surface area contributed by atoms with Crippen molar-refractivity contribution >= 4 is 17.5 Å². The van der Waals surface area contributed by atoms with E-state index in [9.17, 15) is 18.4 Å². The number of methoxy groups -OCH3 is 2. The number of nitrogens with one attached hydrogen (secondary N) is 2. The Bertz CT molecular complexity index is 913. The van der Waals surface area contributed by atoms with Gasteiger partial charge in [0.25, 0.3) is 0 Å². The van der Waals surface area contributed by atoms with E-state index in [2.05, 4.69) is 10.6 Å². The molecule has 0 radical (unpaired) electrons. The van der Waals surface area contributed by atoms with Crippen molar-refractivity contribution in [1.82, 2.24) is 5.32 Å². The number of hydrogen-bond donors (Lipinski definition) is 2. The van der Waals surface area contributed by atoms with Crippen LogP contribution in [0, 0.1) is 17.0 Å². The Labute approximate surface area is 160 Å². The number of hydrogen-bond acceptors (Lipinski definition) is 4. The highest BCUT2D eigenvalue weighted by Gasteiger charge is 2.56. The summed E-state index contributed by atoms with van der Waals surface area (Å²) in [5, 5.41) is 5.11. The van der Waals surface area contributed by atoms with E-state index >= 15 is 0 Å². The lowest BCUT2D eigenvalue weighted by Gasteiger charge is -2.16. The average molecular weight is 390 g/mol. The van der Waals surface area contributed by atoms with Crippen LogP contribution < -0.4 is 20.1 Å². The third-order valence-corrected chi connectivity index (χ3v) is 4.70. The van der Waals surface area contributed by atoms with E-state index < -0.39 is 28.9 Å². The number of amides is 2. The first-order chi connectivity index (χ1) is 13.4. The molecule has 1 fully saturated rings. The predicted octanol–water partition coefficient (Wildman–Crippen LogP) is 3.02. The molecule has 1 aliphatic rings. The van der Waals surface area contributed by atoms with Crippen LogP contribution in [-0.2, 0) is 16.1 Å². The molecule has 148 valence electrons. The maximum Gasteiger partial charge on any atom is 0.240 e. The van der Waals surface area contributed by atoms with Crippen LogP contribution in [0.5, 0.6) is 11.5 Å². The van der Waals surface area contributed by atoms with Crippen LogP contribution in [0.4, 0.5) is 14.5 Å². The molecule has 28 heavy (non-hydrogen) atoms. The first-order valence-corrected chi connectivity index (χ1v) is 8.65. The highest BCUT2D eigenvalue weighted by atomic mass is 19.1. The molecule has 0 spiro atoms. The third-order valence-electron chi connectivity index (χ3n) is 4.70. The minimum atomic E-state index is -1.24. The number of halogens is 2. The van der Waals surface area contributed by atoms with Gasteiger partial charge in [-0.15, -0.1) is 0 Å². The lowest BCUT2D eigenvalue weighted by Crippen LogP contribution is -2.39. The first kappa shape index (κ1) is 19.6. The summed E-state index contributed by atoms with van der Waals surface area (Å²) in [5.41, 5.74) is -0.630. The van der Waals surface area contributed by atoms with Crippen molar-refractivity contribution in [2.24, 2.45) is 5.41 Å². The van der Waals surface area contributed by atoms with Gasteiger partial charge in [0.15, 0.2) is 11.5 Å². The molecule has 0 atom stereocenters. The van der Waals surface area contributed by atoms with Crippen molar-refractivity contribution in [2.75, 3.05) is 19.5 Å². The Morgan fingerprint density at radius 1 is 1.00 bits per heavy atom. The summed E-state index contributed by atoms with van der Waals surface area (Å²) in [4.78, 5) is 25.1. The molecule has 2 aromatic carbocycles. The van der Waals surface area contributed by atoms with E-state index in [1.807, 2.05) is 0 Å². The Hall–Kier alpha value is -3.16. The van der Waals surface area contributed by atoms with Crippen molar-refractivity contribution < 1.29 is 27.8 Å². The molecule has 3 rings (SSSR count). The molecular weight excluding hydrogens is 370 g/mol. The van der Waals surface area contributed by atoms with Crippen molar-refractivity contribution in [3.05, 3.63) is 53.6 Å². The topological polar surface area (TPSA) is 76.7 Å². The van der Waals surface area contributed by atoms with Gasteiger partial charge in [-0.05, 0) is 42.7 Å². The Kier molecular flexibility index (Phi) is 5.48. The fraction of sp³-hybridized carbons (Fsp3) is 0.300. The second-order valence-electron chi connectivity index (χ2n) is 6.53.